The summed E-state index contributed by atoms with van der Waals surface area (Å²) in [6.07, 6.45) is 2.06. The molecule has 4 nitrogen and oxygen atoms in total. The first kappa shape index (κ1) is 13.9. The molecular weight excluding hydrogens is 238 g/mol. The van der Waals surface area contributed by atoms with Gasteiger partial charge >= 0.3 is 0 Å². The minimum absolute atomic E-state index is 0.0464. The summed E-state index contributed by atoms with van der Waals surface area (Å²) in [4.78, 5) is 16.8. The molecule has 1 aliphatic heterocycles. The van der Waals surface area contributed by atoms with Crippen LogP contribution in [-0.4, -0.2) is 48.9 Å². The molecular formula is C15H23N3O. The molecule has 104 valence electrons. The van der Waals surface area contributed by atoms with E-state index >= 15 is 0 Å². The standard InChI is InChI=1S/C15H23N3O/c1-11-5-4-6-13(16)14(11)15(19)18(3)12-7-9-17(2)10-8-12/h4-6,12H,7-10,16H2,1-3H3. The van der Waals surface area contributed by atoms with E-state index in [9.17, 15) is 4.79 Å². The number of amides is 1. The van der Waals surface area contributed by atoms with Crippen molar-refractivity contribution < 1.29 is 4.79 Å². The summed E-state index contributed by atoms with van der Waals surface area (Å²) in [6, 6.07) is 5.94. The second-order valence-electron chi connectivity index (χ2n) is 5.49. The van der Waals surface area contributed by atoms with Crippen LogP contribution in [0.2, 0.25) is 0 Å². The summed E-state index contributed by atoms with van der Waals surface area (Å²) < 4.78 is 0. The summed E-state index contributed by atoms with van der Waals surface area (Å²) in [7, 11) is 4.02. The van der Waals surface area contributed by atoms with Crippen LogP contribution in [0.1, 0.15) is 28.8 Å². The molecule has 0 aromatic heterocycles. The number of carbonyl (C=O) groups excluding carboxylic acids is 1. The predicted octanol–water partition coefficient (Wildman–Crippen LogP) is 1.74. The fourth-order valence-corrected chi connectivity index (χ4v) is 2.71. The summed E-state index contributed by atoms with van der Waals surface area (Å²) >= 11 is 0. The van der Waals surface area contributed by atoms with Crippen LogP contribution < -0.4 is 5.73 Å². The molecule has 0 bridgehead atoms. The Bertz CT molecular complexity index is 444. The molecule has 1 heterocycles. The van der Waals surface area contributed by atoms with Gasteiger partial charge in [-0.2, -0.15) is 0 Å². The molecule has 1 aromatic carbocycles. The maximum atomic E-state index is 12.6. The highest BCUT2D eigenvalue weighted by atomic mass is 16.2. The molecule has 0 aliphatic carbocycles. The van der Waals surface area contributed by atoms with Gasteiger partial charge in [0, 0.05) is 18.8 Å². The van der Waals surface area contributed by atoms with Crippen molar-refractivity contribution >= 4 is 11.6 Å². The number of hydrogen-bond donors (Lipinski definition) is 1. The van der Waals surface area contributed by atoms with Crippen molar-refractivity contribution in [2.24, 2.45) is 0 Å². The van der Waals surface area contributed by atoms with Gasteiger partial charge in [-0.15, -0.1) is 0 Å². The van der Waals surface area contributed by atoms with Gasteiger partial charge in [0.05, 0.1) is 5.56 Å². The number of rotatable bonds is 2. The zero-order chi connectivity index (χ0) is 14.0. The number of anilines is 1. The van der Waals surface area contributed by atoms with Crippen molar-refractivity contribution in [2.75, 3.05) is 32.9 Å². The smallest absolute Gasteiger partial charge is 0.256 e. The molecule has 1 aliphatic rings. The third-order valence-electron chi connectivity index (χ3n) is 4.08. The van der Waals surface area contributed by atoms with Crippen LogP contribution in [0.3, 0.4) is 0 Å². The van der Waals surface area contributed by atoms with Gasteiger partial charge in [-0.1, -0.05) is 12.1 Å². The van der Waals surface area contributed by atoms with E-state index in [4.69, 9.17) is 5.73 Å². The highest BCUT2D eigenvalue weighted by molar-refractivity contribution is 6.00. The largest absolute Gasteiger partial charge is 0.398 e. The second-order valence-corrected chi connectivity index (χ2v) is 5.49. The summed E-state index contributed by atoms with van der Waals surface area (Å²) in [5, 5.41) is 0. The molecule has 19 heavy (non-hydrogen) atoms. The highest BCUT2D eigenvalue weighted by Gasteiger charge is 2.26. The average Bonchev–Trinajstić information content (AvgIpc) is 2.38. The van der Waals surface area contributed by atoms with Crippen molar-refractivity contribution in [1.29, 1.82) is 0 Å². The SMILES string of the molecule is Cc1cccc(N)c1C(=O)N(C)C1CCN(C)CC1. The number of likely N-dealkylation sites (tertiary alicyclic amines) is 1. The van der Waals surface area contributed by atoms with Crippen LogP contribution in [0, 0.1) is 6.92 Å². The lowest BCUT2D eigenvalue weighted by molar-refractivity contribution is 0.0660. The van der Waals surface area contributed by atoms with Crippen LogP contribution in [-0.2, 0) is 0 Å². The van der Waals surface area contributed by atoms with Gasteiger partial charge in [0.1, 0.15) is 0 Å². The highest BCUT2D eigenvalue weighted by Crippen LogP contribution is 2.22. The van der Waals surface area contributed by atoms with Crippen molar-refractivity contribution in [3.8, 4) is 0 Å². The van der Waals surface area contributed by atoms with E-state index < -0.39 is 0 Å². The quantitative estimate of drug-likeness (QED) is 0.825. The minimum atomic E-state index is 0.0464. The van der Waals surface area contributed by atoms with Crippen molar-refractivity contribution in [2.45, 2.75) is 25.8 Å². The molecule has 0 atom stereocenters. The van der Waals surface area contributed by atoms with Crippen molar-refractivity contribution in [3.05, 3.63) is 29.3 Å². The number of hydrogen-bond acceptors (Lipinski definition) is 3. The van der Waals surface area contributed by atoms with Gasteiger partial charge in [0.25, 0.3) is 5.91 Å². The van der Waals surface area contributed by atoms with Gasteiger partial charge in [-0.05, 0) is 51.5 Å². The van der Waals surface area contributed by atoms with Gasteiger partial charge in [0.15, 0.2) is 0 Å². The Morgan fingerprint density at radius 1 is 1.37 bits per heavy atom. The number of benzene rings is 1. The Kier molecular flexibility index (Phi) is 4.10. The molecule has 1 aromatic rings. The monoisotopic (exact) mass is 261 g/mol. The van der Waals surface area contributed by atoms with Crippen LogP contribution in [0.5, 0.6) is 0 Å². The number of nitrogens with zero attached hydrogens (tertiary/aromatic N) is 2. The Morgan fingerprint density at radius 3 is 2.58 bits per heavy atom. The third kappa shape index (κ3) is 2.89. The van der Waals surface area contributed by atoms with Crippen molar-refractivity contribution in [1.82, 2.24) is 9.80 Å². The molecule has 4 heteroatoms. The number of nitrogens with two attached hydrogens (primary N) is 1. The van der Waals surface area contributed by atoms with Crippen LogP contribution in [0.25, 0.3) is 0 Å². The number of carbonyl (C=O) groups is 1. The zero-order valence-corrected chi connectivity index (χ0v) is 12.0. The summed E-state index contributed by atoms with van der Waals surface area (Å²) in [6.45, 7) is 4.03. The first-order chi connectivity index (χ1) is 9.00. The van der Waals surface area contributed by atoms with E-state index in [1.165, 1.54) is 0 Å². The minimum Gasteiger partial charge on any atom is -0.398 e. The molecule has 0 spiro atoms. The van der Waals surface area contributed by atoms with Crippen LogP contribution in [0.15, 0.2) is 18.2 Å². The number of aryl methyl sites for hydroxylation is 1. The molecule has 2 rings (SSSR count). The molecule has 0 unspecified atom stereocenters. The molecule has 1 amide bonds. The topological polar surface area (TPSA) is 49.6 Å². The van der Waals surface area contributed by atoms with E-state index in [0.717, 1.165) is 31.5 Å². The number of piperidine rings is 1. The number of nitrogen functional groups attached to an aromatic ring is 1. The zero-order valence-electron chi connectivity index (χ0n) is 12.0. The Hall–Kier alpha value is -1.55. The third-order valence-corrected chi connectivity index (χ3v) is 4.08. The van der Waals surface area contributed by atoms with Crippen LogP contribution in [0.4, 0.5) is 5.69 Å². The lowest BCUT2D eigenvalue weighted by atomic mass is 10.0. The van der Waals surface area contributed by atoms with Crippen molar-refractivity contribution in [3.63, 3.8) is 0 Å². The summed E-state index contributed by atoms with van der Waals surface area (Å²) in [5.41, 5.74) is 8.14. The van der Waals surface area contributed by atoms with Gasteiger partial charge < -0.3 is 15.5 Å². The van der Waals surface area contributed by atoms with E-state index in [1.807, 2.05) is 31.0 Å². The molecule has 1 fully saturated rings. The Morgan fingerprint density at radius 2 is 2.00 bits per heavy atom. The molecule has 0 saturated carbocycles. The van der Waals surface area contributed by atoms with E-state index in [1.54, 1.807) is 6.07 Å². The van der Waals surface area contributed by atoms with Gasteiger partial charge in [-0.25, -0.2) is 0 Å². The molecule has 1 saturated heterocycles. The van der Waals surface area contributed by atoms with Crippen LogP contribution >= 0.6 is 0 Å². The molecule has 0 radical (unpaired) electrons. The normalized spacial score (nSPS) is 17.4. The average molecular weight is 261 g/mol. The first-order valence-electron chi connectivity index (χ1n) is 6.81. The Labute approximate surface area is 115 Å². The fourth-order valence-electron chi connectivity index (χ4n) is 2.71. The Balaban J connectivity index is 2.15. The fraction of sp³-hybridized carbons (Fsp3) is 0.533. The predicted molar refractivity (Wildman–Crippen MR) is 78.2 cm³/mol. The second kappa shape index (κ2) is 5.61. The maximum Gasteiger partial charge on any atom is 0.256 e. The lowest BCUT2D eigenvalue weighted by Gasteiger charge is -2.35. The van der Waals surface area contributed by atoms with Gasteiger partial charge in [-0.3, -0.25) is 4.79 Å². The summed E-state index contributed by atoms with van der Waals surface area (Å²) in [5.74, 6) is 0.0464. The first-order valence-corrected chi connectivity index (χ1v) is 6.81. The van der Waals surface area contributed by atoms with Gasteiger partial charge in [0.2, 0.25) is 0 Å². The van der Waals surface area contributed by atoms with E-state index in [2.05, 4.69) is 11.9 Å². The lowest BCUT2D eigenvalue weighted by Crippen LogP contribution is -2.44. The van der Waals surface area contributed by atoms with E-state index in [-0.39, 0.29) is 5.91 Å². The van der Waals surface area contributed by atoms with E-state index in [0.29, 0.717) is 17.3 Å². The maximum absolute atomic E-state index is 12.6. The molecule has 2 N–H and O–H groups in total.